The normalized spacial score (nSPS) is 20.5. The monoisotopic (exact) mass is 364 g/mol. The van der Waals surface area contributed by atoms with E-state index in [-0.39, 0.29) is 29.1 Å². The molecule has 138 valence electrons. The number of rotatable bonds is 4. The van der Waals surface area contributed by atoms with Crippen LogP contribution < -0.4 is 9.47 Å². The Morgan fingerprint density at radius 2 is 1.93 bits per heavy atom. The van der Waals surface area contributed by atoms with Gasteiger partial charge in [-0.05, 0) is 30.5 Å². The molecule has 0 radical (unpaired) electrons. The number of hydrogen-bond acceptors (Lipinski definition) is 5. The van der Waals surface area contributed by atoms with Crippen LogP contribution in [-0.4, -0.2) is 19.0 Å². The smallest absolute Gasteiger partial charge is 0.341 e. The zero-order chi connectivity index (χ0) is 19.0. The number of carbonyl (C=O) groups is 2. The number of allylic oxidation sites excluding steroid dienone is 1. The molecule has 0 bridgehead atoms. The third-order valence-electron chi connectivity index (χ3n) is 5.15. The molecule has 2 aromatic carbocycles. The molecule has 2 atom stereocenters. The predicted octanol–water partition coefficient (Wildman–Crippen LogP) is 4.02. The topological polar surface area (TPSA) is 61.8 Å². The summed E-state index contributed by atoms with van der Waals surface area (Å²) in [6.07, 6.45) is 1.32. The third-order valence-corrected chi connectivity index (χ3v) is 5.15. The molecular formula is C22H20O5. The van der Waals surface area contributed by atoms with Crippen molar-refractivity contribution in [2.24, 2.45) is 5.92 Å². The van der Waals surface area contributed by atoms with E-state index in [4.69, 9.17) is 14.2 Å². The second-order valence-corrected chi connectivity index (χ2v) is 6.95. The number of fused-ring (bicyclic) bond motifs is 3. The minimum Gasteiger partial charge on any atom is -0.489 e. The molecule has 1 heterocycles. The van der Waals surface area contributed by atoms with Gasteiger partial charge in [-0.2, -0.15) is 0 Å². The van der Waals surface area contributed by atoms with Gasteiger partial charge < -0.3 is 14.2 Å². The highest BCUT2D eigenvalue weighted by Crippen LogP contribution is 2.51. The van der Waals surface area contributed by atoms with Crippen LogP contribution in [0.2, 0.25) is 0 Å². The molecule has 1 fully saturated rings. The van der Waals surface area contributed by atoms with Gasteiger partial charge in [0.25, 0.3) is 0 Å². The Balaban J connectivity index is 1.73. The Labute approximate surface area is 157 Å². The van der Waals surface area contributed by atoms with Crippen LogP contribution in [0.3, 0.4) is 0 Å². The summed E-state index contributed by atoms with van der Waals surface area (Å²) >= 11 is 0. The van der Waals surface area contributed by atoms with Gasteiger partial charge in [-0.15, -0.1) is 0 Å². The first kappa shape index (κ1) is 17.3. The molecule has 0 saturated heterocycles. The summed E-state index contributed by atoms with van der Waals surface area (Å²) in [5, 5.41) is 0. The molecule has 27 heavy (non-hydrogen) atoms. The van der Waals surface area contributed by atoms with Crippen LogP contribution in [0.5, 0.6) is 11.5 Å². The Morgan fingerprint density at radius 1 is 1.19 bits per heavy atom. The van der Waals surface area contributed by atoms with Gasteiger partial charge >= 0.3 is 11.9 Å². The van der Waals surface area contributed by atoms with E-state index in [1.54, 1.807) is 6.07 Å². The first-order chi connectivity index (χ1) is 13.1. The van der Waals surface area contributed by atoms with Gasteiger partial charge in [-0.3, -0.25) is 4.79 Å². The molecule has 2 aromatic rings. The molecule has 0 amide bonds. The lowest BCUT2D eigenvalue weighted by atomic mass is 9.85. The summed E-state index contributed by atoms with van der Waals surface area (Å²) in [4.78, 5) is 24.7. The van der Waals surface area contributed by atoms with E-state index in [0.717, 1.165) is 16.7 Å². The highest BCUT2D eigenvalue weighted by Gasteiger charge is 2.44. The Morgan fingerprint density at radius 3 is 2.67 bits per heavy atom. The standard InChI is InChI=1S/C22H20O5/c1-13-8-16-17-10-15(26-12-14-6-4-3-5-7-14)11-19(21(23)25-2)20(17)27-22(24)18(16)9-13/h3-7,10-11,16,18H,1,8-9,12H2,2H3/t16-,18-/m1/s1. The number of ether oxygens (including phenoxy) is 3. The SMILES string of the molecule is C=C1C[C@@H]2c3cc(OCc4ccccc4)cc(C(=O)OC)c3OC(=O)[C@@H]2C1. The first-order valence-corrected chi connectivity index (χ1v) is 8.88. The van der Waals surface area contributed by atoms with Crippen molar-refractivity contribution >= 4 is 11.9 Å². The third kappa shape index (κ3) is 3.21. The summed E-state index contributed by atoms with van der Waals surface area (Å²) in [6, 6.07) is 13.2. The molecular weight excluding hydrogens is 344 g/mol. The molecule has 0 spiro atoms. The van der Waals surface area contributed by atoms with E-state index in [0.29, 0.717) is 25.2 Å². The van der Waals surface area contributed by atoms with Crippen molar-refractivity contribution in [3.8, 4) is 11.5 Å². The zero-order valence-corrected chi connectivity index (χ0v) is 15.1. The summed E-state index contributed by atoms with van der Waals surface area (Å²) in [5.41, 5.74) is 3.06. The number of esters is 2. The second kappa shape index (κ2) is 6.91. The van der Waals surface area contributed by atoms with Crippen molar-refractivity contribution in [3.63, 3.8) is 0 Å². The lowest BCUT2D eigenvalue weighted by Gasteiger charge is -2.28. The fourth-order valence-electron chi connectivity index (χ4n) is 3.84. The Bertz CT molecular complexity index is 916. The molecule has 0 unspecified atom stereocenters. The lowest BCUT2D eigenvalue weighted by Crippen LogP contribution is -2.29. The van der Waals surface area contributed by atoms with E-state index >= 15 is 0 Å². The molecule has 1 aliphatic heterocycles. The summed E-state index contributed by atoms with van der Waals surface area (Å²) in [5.74, 6) is -0.326. The zero-order valence-electron chi connectivity index (χ0n) is 15.1. The minimum atomic E-state index is -0.556. The van der Waals surface area contributed by atoms with Crippen molar-refractivity contribution in [1.29, 1.82) is 0 Å². The van der Waals surface area contributed by atoms with Gasteiger partial charge in [0.1, 0.15) is 23.7 Å². The number of methoxy groups -OCH3 is 1. The largest absolute Gasteiger partial charge is 0.489 e. The molecule has 0 N–H and O–H groups in total. The van der Waals surface area contributed by atoms with Crippen molar-refractivity contribution in [1.82, 2.24) is 0 Å². The fraction of sp³-hybridized carbons (Fsp3) is 0.273. The van der Waals surface area contributed by atoms with E-state index in [9.17, 15) is 9.59 Å². The van der Waals surface area contributed by atoms with Crippen LogP contribution in [0.15, 0.2) is 54.6 Å². The van der Waals surface area contributed by atoms with E-state index < -0.39 is 5.97 Å². The van der Waals surface area contributed by atoms with Gasteiger partial charge in [0, 0.05) is 11.5 Å². The van der Waals surface area contributed by atoms with Crippen molar-refractivity contribution in [3.05, 3.63) is 71.3 Å². The number of carbonyl (C=O) groups excluding carboxylic acids is 2. The van der Waals surface area contributed by atoms with Crippen LogP contribution in [0, 0.1) is 5.92 Å². The number of benzene rings is 2. The average molecular weight is 364 g/mol. The molecule has 5 nitrogen and oxygen atoms in total. The average Bonchev–Trinajstić information content (AvgIpc) is 3.09. The summed E-state index contributed by atoms with van der Waals surface area (Å²) in [7, 11) is 1.30. The van der Waals surface area contributed by atoms with Crippen LogP contribution in [0.4, 0.5) is 0 Å². The van der Waals surface area contributed by atoms with E-state index in [2.05, 4.69) is 6.58 Å². The van der Waals surface area contributed by atoms with Gasteiger partial charge in [0.15, 0.2) is 0 Å². The van der Waals surface area contributed by atoms with Gasteiger partial charge in [0.05, 0.1) is 13.0 Å². The quantitative estimate of drug-likeness (QED) is 0.466. The highest BCUT2D eigenvalue weighted by molar-refractivity contribution is 5.96. The van der Waals surface area contributed by atoms with Crippen molar-refractivity contribution < 1.29 is 23.8 Å². The molecule has 0 aromatic heterocycles. The Hall–Kier alpha value is -3.08. The molecule has 4 rings (SSSR count). The van der Waals surface area contributed by atoms with Crippen LogP contribution in [0.25, 0.3) is 0 Å². The molecule has 1 saturated carbocycles. The van der Waals surface area contributed by atoms with Crippen LogP contribution >= 0.6 is 0 Å². The highest BCUT2D eigenvalue weighted by atomic mass is 16.5. The molecule has 1 aliphatic carbocycles. The second-order valence-electron chi connectivity index (χ2n) is 6.95. The molecule has 5 heteroatoms. The van der Waals surface area contributed by atoms with Crippen molar-refractivity contribution in [2.45, 2.75) is 25.4 Å². The van der Waals surface area contributed by atoms with Crippen LogP contribution in [0.1, 0.15) is 40.2 Å². The first-order valence-electron chi connectivity index (χ1n) is 8.88. The van der Waals surface area contributed by atoms with E-state index in [1.165, 1.54) is 7.11 Å². The summed E-state index contributed by atoms with van der Waals surface area (Å²) in [6.45, 7) is 4.40. The van der Waals surface area contributed by atoms with Gasteiger partial charge in [-0.25, -0.2) is 4.79 Å². The lowest BCUT2D eigenvalue weighted by molar-refractivity contribution is -0.140. The van der Waals surface area contributed by atoms with Gasteiger partial charge in [0.2, 0.25) is 0 Å². The summed E-state index contributed by atoms with van der Waals surface area (Å²) < 4.78 is 16.3. The maximum Gasteiger partial charge on any atom is 0.341 e. The fourth-order valence-corrected chi connectivity index (χ4v) is 3.84. The minimum absolute atomic E-state index is 0.0440. The van der Waals surface area contributed by atoms with Crippen LogP contribution in [-0.2, 0) is 16.1 Å². The number of hydrogen-bond donors (Lipinski definition) is 0. The maximum absolute atomic E-state index is 12.4. The predicted molar refractivity (Wildman–Crippen MR) is 98.8 cm³/mol. The molecule has 2 aliphatic rings. The van der Waals surface area contributed by atoms with Gasteiger partial charge in [-0.1, -0.05) is 42.5 Å². The van der Waals surface area contributed by atoms with E-state index in [1.807, 2.05) is 36.4 Å². The van der Waals surface area contributed by atoms with Crippen molar-refractivity contribution in [2.75, 3.05) is 7.11 Å². The maximum atomic E-state index is 12.4. The Kier molecular flexibility index (Phi) is 4.44.